The molecule has 1 aromatic carbocycles. The van der Waals surface area contributed by atoms with Crippen molar-refractivity contribution < 1.29 is 4.74 Å². The maximum absolute atomic E-state index is 6.00. The molecular weight excluding hydrogens is 282 g/mol. The predicted octanol–water partition coefficient (Wildman–Crippen LogP) is 5.45. The Morgan fingerprint density at radius 1 is 1.14 bits per heavy atom. The quantitative estimate of drug-likeness (QED) is 0.549. The van der Waals surface area contributed by atoms with Gasteiger partial charge in [0.15, 0.2) is 0 Å². The van der Waals surface area contributed by atoms with Crippen molar-refractivity contribution in [2.24, 2.45) is 0 Å². The molecule has 0 aliphatic heterocycles. The highest BCUT2D eigenvalue weighted by Crippen LogP contribution is 2.20. The molecule has 1 aromatic rings. The van der Waals surface area contributed by atoms with Crippen LogP contribution < -0.4 is 10.1 Å². The minimum Gasteiger partial charge on any atom is -0.489 e. The van der Waals surface area contributed by atoms with Gasteiger partial charge in [-0.05, 0) is 38.6 Å². The molecular formula is C18H30ClNO. The van der Waals surface area contributed by atoms with Crippen molar-refractivity contribution in [1.82, 2.24) is 5.32 Å². The van der Waals surface area contributed by atoms with Crippen molar-refractivity contribution in [3.63, 3.8) is 0 Å². The van der Waals surface area contributed by atoms with Gasteiger partial charge in [-0.15, -0.1) is 0 Å². The predicted molar refractivity (Wildman–Crippen MR) is 92.4 cm³/mol. The van der Waals surface area contributed by atoms with Crippen molar-refractivity contribution in [3.8, 4) is 5.75 Å². The molecule has 0 bridgehead atoms. The highest BCUT2D eigenvalue weighted by atomic mass is 35.5. The number of halogens is 1. The second-order valence-electron chi connectivity index (χ2n) is 5.73. The Kier molecular flexibility index (Phi) is 9.53. The molecule has 2 nitrogen and oxygen atoms in total. The van der Waals surface area contributed by atoms with Crippen LogP contribution >= 0.6 is 11.6 Å². The van der Waals surface area contributed by atoms with E-state index in [-0.39, 0.29) is 6.10 Å². The molecule has 2 unspecified atom stereocenters. The van der Waals surface area contributed by atoms with E-state index in [9.17, 15) is 0 Å². The summed E-state index contributed by atoms with van der Waals surface area (Å²) < 4.78 is 6.00. The first-order valence-corrected chi connectivity index (χ1v) is 8.64. The van der Waals surface area contributed by atoms with Gasteiger partial charge in [0.25, 0.3) is 0 Å². The van der Waals surface area contributed by atoms with E-state index in [1.165, 1.54) is 38.5 Å². The molecule has 2 atom stereocenters. The lowest BCUT2D eigenvalue weighted by molar-refractivity contribution is 0.167. The van der Waals surface area contributed by atoms with E-state index >= 15 is 0 Å². The third-order valence-electron chi connectivity index (χ3n) is 3.92. The first-order valence-electron chi connectivity index (χ1n) is 8.26. The average Bonchev–Trinajstić information content (AvgIpc) is 2.46. The van der Waals surface area contributed by atoms with Crippen molar-refractivity contribution >= 4 is 11.6 Å². The molecule has 0 aromatic heterocycles. The highest BCUT2D eigenvalue weighted by molar-refractivity contribution is 6.30. The lowest BCUT2D eigenvalue weighted by atomic mass is 10.0. The Bertz CT molecular complexity index is 383. The van der Waals surface area contributed by atoms with Gasteiger partial charge in [-0.25, -0.2) is 0 Å². The molecule has 1 rings (SSSR count). The normalized spacial score (nSPS) is 13.9. The number of rotatable bonds is 11. The molecule has 0 fully saturated rings. The zero-order valence-electron chi connectivity index (χ0n) is 13.7. The summed E-state index contributed by atoms with van der Waals surface area (Å²) in [4.78, 5) is 0. The van der Waals surface area contributed by atoms with Gasteiger partial charge in [0.05, 0.1) is 0 Å². The molecule has 3 heteroatoms. The third kappa shape index (κ3) is 7.73. The SMILES string of the molecule is CCCCCCCCC(NC)C(C)Oc1cccc(Cl)c1. The maximum atomic E-state index is 6.00. The summed E-state index contributed by atoms with van der Waals surface area (Å²) in [7, 11) is 2.01. The topological polar surface area (TPSA) is 21.3 Å². The van der Waals surface area contributed by atoms with Crippen LogP contribution in [0.25, 0.3) is 0 Å². The highest BCUT2D eigenvalue weighted by Gasteiger charge is 2.16. The molecule has 21 heavy (non-hydrogen) atoms. The number of hydrogen-bond donors (Lipinski definition) is 1. The molecule has 0 saturated heterocycles. The fourth-order valence-electron chi connectivity index (χ4n) is 2.60. The molecule has 0 amide bonds. The van der Waals surface area contributed by atoms with Crippen LogP contribution in [0.1, 0.15) is 58.8 Å². The Hall–Kier alpha value is -0.730. The second kappa shape index (κ2) is 10.9. The van der Waals surface area contributed by atoms with E-state index in [0.29, 0.717) is 6.04 Å². The van der Waals surface area contributed by atoms with Crippen LogP contribution in [0.3, 0.4) is 0 Å². The van der Waals surface area contributed by atoms with E-state index in [2.05, 4.69) is 19.2 Å². The zero-order valence-corrected chi connectivity index (χ0v) is 14.5. The van der Waals surface area contributed by atoms with Gasteiger partial charge in [-0.1, -0.05) is 63.1 Å². The Morgan fingerprint density at radius 3 is 2.52 bits per heavy atom. The Morgan fingerprint density at radius 2 is 1.86 bits per heavy atom. The van der Waals surface area contributed by atoms with E-state index < -0.39 is 0 Å². The Labute approximate surface area is 135 Å². The summed E-state index contributed by atoms with van der Waals surface area (Å²) in [6, 6.07) is 8.00. The van der Waals surface area contributed by atoms with Gasteiger partial charge in [-0.3, -0.25) is 0 Å². The summed E-state index contributed by atoms with van der Waals surface area (Å²) in [6.45, 7) is 4.38. The first-order chi connectivity index (χ1) is 10.2. The van der Waals surface area contributed by atoms with Crippen molar-refractivity contribution in [2.45, 2.75) is 70.9 Å². The lowest BCUT2D eigenvalue weighted by Crippen LogP contribution is -2.39. The maximum Gasteiger partial charge on any atom is 0.121 e. The number of unbranched alkanes of at least 4 members (excludes halogenated alkanes) is 5. The molecule has 0 radical (unpaired) electrons. The standard InChI is InChI=1S/C18H30ClNO/c1-4-5-6-7-8-9-13-18(20-3)15(2)21-17-12-10-11-16(19)14-17/h10-12,14-15,18,20H,4-9,13H2,1-3H3. The largest absolute Gasteiger partial charge is 0.489 e. The van der Waals surface area contributed by atoms with E-state index in [4.69, 9.17) is 16.3 Å². The summed E-state index contributed by atoms with van der Waals surface area (Å²) in [5.74, 6) is 0.846. The fraction of sp³-hybridized carbons (Fsp3) is 0.667. The summed E-state index contributed by atoms with van der Waals surface area (Å²) >= 11 is 5.99. The molecule has 0 saturated carbocycles. The Balaban J connectivity index is 2.30. The number of hydrogen-bond acceptors (Lipinski definition) is 2. The number of likely N-dealkylation sites (N-methyl/N-ethyl adjacent to an activating group) is 1. The number of nitrogens with one attached hydrogen (secondary N) is 1. The first kappa shape index (κ1) is 18.3. The summed E-state index contributed by atoms with van der Waals surface area (Å²) in [6.07, 6.45) is 9.28. The van der Waals surface area contributed by atoms with Crippen LogP contribution in [0.15, 0.2) is 24.3 Å². The molecule has 0 spiro atoms. The van der Waals surface area contributed by atoms with Crippen LogP contribution in [-0.2, 0) is 0 Å². The van der Waals surface area contributed by atoms with Gasteiger partial charge in [-0.2, -0.15) is 0 Å². The minimum atomic E-state index is 0.143. The van der Waals surface area contributed by atoms with Crippen molar-refractivity contribution in [1.29, 1.82) is 0 Å². The molecule has 120 valence electrons. The van der Waals surface area contributed by atoms with Crippen LogP contribution in [0, 0.1) is 0 Å². The summed E-state index contributed by atoms with van der Waals surface area (Å²) in [5, 5.41) is 4.10. The van der Waals surface area contributed by atoms with Crippen molar-refractivity contribution in [2.75, 3.05) is 7.05 Å². The van der Waals surface area contributed by atoms with Crippen LogP contribution in [-0.4, -0.2) is 19.2 Å². The monoisotopic (exact) mass is 311 g/mol. The van der Waals surface area contributed by atoms with Crippen molar-refractivity contribution in [3.05, 3.63) is 29.3 Å². The molecule has 0 heterocycles. The number of benzene rings is 1. The molecule has 0 aliphatic rings. The van der Waals surface area contributed by atoms with E-state index in [1.54, 1.807) is 0 Å². The zero-order chi connectivity index (χ0) is 15.5. The smallest absolute Gasteiger partial charge is 0.121 e. The minimum absolute atomic E-state index is 0.143. The van der Waals surface area contributed by atoms with Gasteiger partial charge < -0.3 is 10.1 Å². The second-order valence-corrected chi connectivity index (χ2v) is 6.17. The third-order valence-corrected chi connectivity index (χ3v) is 4.16. The molecule has 1 N–H and O–H groups in total. The van der Waals surface area contributed by atoms with E-state index in [0.717, 1.165) is 17.2 Å². The average molecular weight is 312 g/mol. The van der Waals surface area contributed by atoms with Gasteiger partial charge in [0.1, 0.15) is 11.9 Å². The molecule has 0 aliphatic carbocycles. The van der Waals surface area contributed by atoms with Crippen LogP contribution in [0.4, 0.5) is 0 Å². The fourth-order valence-corrected chi connectivity index (χ4v) is 2.78. The lowest BCUT2D eigenvalue weighted by Gasteiger charge is -2.24. The number of ether oxygens (including phenoxy) is 1. The van der Waals surface area contributed by atoms with Gasteiger partial charge >= 0.3 is 0 Å². The van der Waals surface area contributed by atoms with Gasteiger partial charge in [0, 0.05) is 11.1 Å². The van der Waals surface area contributed by atoms with Crippen LogP contribution in [0.5, 0.6) is 5.75 Å². The van der Waals surface area contributed by atoms with E-state index in [1.807, 2.05) is 31.3 Å². The van der Waals surface area contributed by atoms with Crippen LogP contribution in [0.2, 0.25) is 5.02 Å². The summed E-state index contributed by atoms with van der Waals surface area (Å²) in [5.41, 5.74) is 0. The van der Waals surface area contributed by atoms with Gasteiger partial charge in [0.2, 0.25) is 0 Å².